The van der Waals surface area contributed by atoms with Crippen molar-refractivity contribution in [3.63, 3.8) is 0 Å². The lowest BCUT2D eigenvalue weighted by molar-refractivity contribution is 0.0897. The summed E-state index contributed by atoms with van der Waals surface area (Å²) in [7, 11) is 0. The lowest BCUT2D eigenvalue weighted by Crippen LogP contribution is -2.41. The number of aliphatic hydroxyl groups excluding tert-OH is 1. The normalized spacial score (nSPS) is 12.6. The maximum Gasteiger partial charge on any atom is 0.253 e. The third kappa shape index (κ3) is 3.87. The molecule has 0 aliphatic rings. The van der Waals surface area contributed by atoms with Crippen LogP contribution in [0.3, 0.4) is 0 Å². The van der Waals surface area contributed by atoms with E-state index in [0.29, 0.717) is 15.6 Å². The molecule has 0 saturated heterocycles. The van der Waals surface area contributed by atoms with Gasteiger partial charge in [0, 0.05) is 5.02 Å². The van der Waals surface area contributed by atoms with Gasteiger partial charge in [0.05, 0.1) is 23.2 Å². The van der Waals surface area contributed by atoms with Crippen LogP contribution in [0.1, 0.15) is 24.2 Å². The third-order valence-electron chi connectivity index (χ3n) is 2.49. The van der Waals surface area contributed by atoms with Crippen LogP contribution in [-0.2, 0) is 0 Å². The van der Waals surface area contributed by atoms with Gasteiger partial charge >= 0.3 is 0 Å². The van der Waals surface area contributed by atoms with E-state index in [2.05, 4.69) is 5.32 Å². The summed E-state index contributed by atoms with van der Waals surface area (Å²) in [6.07, 6.45) is 0. The van der Waals surface area contributed by atoms with Gasteiger partial charge in [-0.3, -0.25) is 4.79 Å². The SMILES string of the molecule is CC(C)C(CO)NC(=O)c1ccc(Cl)cc1Cl. The van der Waals surface area contributed by atoms with Crippen LogP contribution in [0, 0.1) is 5.92 Å². The molecule has 0 bridgehead atoms. The van der Waals surface area contributed by atoms with Crippen LogP contribution in [0.25, 0.3) is 0 Å². The number of halogens is 2. The van der Waals surface area contributed by atoms with Crippen molar-refractivity contribution in [1.82, 2.24) is 5.32 Å². The largest absolute Gasteiger partial charge is 0.394 e. The Morgan fingerprint density at radius 3 is 2.53 bits per heavy atom. The van der Waals surface area contributed by atoms with Crippen LogP contribution in [0.15, 0.2) is 18.2 Å². The number of rotatable bonds is 4. The minimum absolute atomic E-state index is 0.103. The third-order valence-corrected chi connectivity index (χ3v) is 3.04. The van der Waals surface area contributed by atoms with Gasteiger partial charge in [-0.05, 0) is 24.1 Å². The van der Waals surface area contributed by atoms with Crippen molar-refractivity contribution in [2.24, 2.45) is 5.92 Å². The molecule has 1 aromatic carbocycles. The van der Waals surface area contributed by atoms with Crippen molar-refractivity contribution < 1.29 is 9.90 Å². The van der Waals surface area contributed by atoms with Gasteiger partial charge in [-0.15, -0.1) is 0 Å². The first-order valence-electron chi connectivity index (χ1n) is 5.32. The van der Waals surface area contributed by atoms with Crippen LogP contribution in [0.4, 0.5) is 0 Å². The summed E-state index contributed by atoms with van der Waals surface area (Å²) < 4.78 is 0. The molecule has 0 aromatic heterocycles. The number of hydrogen-bond acceptors (Lipinski definition) is 2. The molecule has 0 heterocycles. The highest BCUT2D eigenvalue weighted by Crippen LogP contribution is 2.21. The van der Waals surface area contributed by atoms with E-state index in [1.165, 1.54) is 6.07 Å². The average Bonchev–Trinajstić information content (AvgIpc) is 2.24. The quantitative estimate of drug-likeness (QED) is 0.888. The molecule has 0 spiro atoms. The highest BCUT2D eigenvalue weighted by molar-refractivity contribution is 6.36. The second-order valence-corrected chi connectivity index (χ2v) is 4.97. The summed E-state index contributed by atoms with van der Waals surface area (Å²) in [5, 5.41) is 12.6. The van der Waals surface area contributed by atoms with E-state index in [0.717, 1.165) is 0 Å². The minimum atomic E-state index is -0.306. The van der Waals surface area contributed by atoms with Crippen LogP contribution in [0.2, 0.25) is 10.0 Å². The van der Waals surface area contributed by atoms with Gasteiger partial charge in [0.25, 0.3) is 5.91 Å². The highest BCUT2D eigenvalue weighted by atomic mass is 35.5. The lowest BCUT2D eigenvalue weighted by atomic mass is 10.0. The fraction of sp³-hybridized carbons (Fsp3) is 0.417. The van der Waals surface area contributed by atoms with Crippen molar-refractivity contribution >= 4 is 29.1 Å². The molecule has 1 aromatic rings. The van der Waals surface area contributed by atoms with E-state index in [9.17, 15) is 4.79 Å². The molecule has 5 heteroatoms. The molecule has 0 aliphatic heterocycles. The fourth-order valence-corrected chi connectivity index (χ4v) is 1.84. The number of hydrogen-bond donors (Lipinski definition) is 2. The number of carbonyl (C=O) groups excluding carboxylic acids is 1. The number of benzene rings is 1. The van der Waals surface area contributed by atoms with Crippen LogP contribution < -0.4 is 5.32 Å². The Hall–Kier alpha value is -0.770. The Labute approximate surface area is 111 Å². The van der Waals surface area contributed by atoms with Gasteiger partial charge in [-0.25, -0.2) is 0 Å². The minimum Gasteiger partial charge on any atom is -0.394 e. The van der Waals surface area contributed by atoms with Crippen molar-refractivity contribution in [3.8, 4) is 0 Å². The molecule has 1 rings (SSSR count). The maximum absolute atomic E-state index is 11.9. The molecular formula is C12H15Cl2NO2. The summed E-state index contributed by atoms with van der Waals surface area (Å²) >= 11 is 11.7. The maximum atomic E-state index is 11.9. The second-order valence-electron chi connectivity index (χ2n) is 4.13. The summed E-state index contributed by atoms with van der Waals surface area (Å²) in [5.41, 5.74) is 0.357. The standard InChI is InChI=1S/C12H15Cl2NO2/c1-7(2)11(6-16)15-12(17)9-4-3-8(13)5-10(9)14/h3-5,7,11,16H,6H2,1-2H3,(H,15,17). The van der Waals surface area contributed by atoms with Gasteiger partial charge in [0.15, 0.2) is 0 Å². The van der Waals surface area contributed by atoms with Gasteiger partial charge in [-0.1, -0.05) is 37.0 Å². The van der Waals surface area contributed by atoms with E-state index in [1.54, 1.807) is 12.1 Å². The molecule has 94 valence electrons. The lowest BCUT2D eigenvalue weighted by Gasteiger charge is -2.20. The topological polar surface area (TPSA) is 49.3 Å². The monoisotopic (exact) mass is 275 g/mol. The molecule has 1 atom stereocenters. The molecule has 0 fully saturated rings. The van der Waals surface area contributed by atoms with Crippen LogP contribution in [-0.4, -0.2) is 23.7 Å². The zero-order valence-corrected chi connectivity index (χ0v) is 11.2. The first-order chi connectivity index (χ1) is 7.95. The molecule has 3 nitrogen and oxygen atoms in total. The summed E-state index contributed by atoms with van der Waals surface area (Å²) in [5.74, 6) is -0.158. The van der Waals surface area contributed by atoms with Gasteiger partial charge in [-0.2, -0.15) is 0 Å². The number of aliphatic hydroxyl groups is 1. The zero-order chi connectivity index (χ0) is 13.0. The molecular weight excluding hydrogens is 261 g/mol. The molecule has 0 aliphatic carbocycles. The molecule has 0 radical (unpaired) electrons. The molecule has 17 heavy (non-hydrogen) atoms. The zero-order valence-electron chi connectivity index (χ0n) is 9.71. The Morgan fingerprint density at radius 1 is 1.41 bits per heavy atom. The van der Waals surface area contributed by atoms with Crippen LogP contribution >= 0.6 is 23.2 Å². The molecule has 2 N–H and O–H groups in total. The van der Waals surface area contributed by atoms with E-state index in [-0.39, 0.29) is 24.5 Å². The molecule has 0 saturated carbocycles. The first-order valence-corrected chi connectivity index (χ1v) is 6.08. The first kappa shape index (κ1) is 14.3. The predicted octanol–water partition coefficient (Wildman–Crippen LogP) is 2.74. The Balaban J connectivity index is 2.82. The summed E-state index contributed by atoms with van der Waals surface area (Å²) in [4.78, 5) is 11.9. The average molecular weight is 276 g/mol. The number of carbonyl (C=O) groups is 1. The second kappa shape index (κ2) is 6.24. The van der Waals surface area contributed by atoms with Crippen molar-refractivity contribution in [1.29, 1.82) is 0 Å². The van der Waals surface area contributed by atoms with E-state index >= 15 is 0 Å². The number of nitrogens with one attached hydrogen (secondary N) is 1. The van der Waals surface area contributed by atoms with Gasteiger partial charge < -0.3 is 10.4 Å². The Kier molecular flexibility index (Phi) is 5.25. The highest BCUT2D eigenvalue weighted by Gasteiger charge is 2.17. The van der Waals surface area contributed by atoms with E-state index < -0.39 is 0 Å². The number of amides is 1. The predicted molar refractivity (Wildman–Crippen MR) is 69.6 cm³/mol. The fourth-order valence-electron chi connectivity index (χ4n) is 1.34. The van der Waals surface area contributed by atoms with Crippen molar-refractivity contribution in [2.45, 2.75) is 19.9 Å². The van der Waals surface area contributed by atoms with Crippen molar-refractivity contribution in [2.75, 3.05) is 6.61 Å². The van der Waals surface area contributed by atoms with E-state index in [4.69, 9.17) is 28.3 Å². The van der Waals surface area contributed by atoms with Crippen molar-refractivity contribution in [3.05, 3.63) is 33.8 Å². The smallest absolute Gasteiger partial charge is 0.253 e. The summed E-state index contributed by atoms with van der Waals surface area (Å²) in [6, 6.07) is 4.40. The molecule has 1 unspecified atom stereocenters. The Morgan fingerprint density at radius 2 is 2.06 bits per heavy atom. The van der Waals surface area contributed by atoms with Gasteiger partial charge in [0.2, 0.25) is 0 Å². The van der Waals surface area contributed by atoms with Crippen LogP contribution in [0.5, 0.6) is 0 Å². The molecule has 1 amide bonds. The van der Waals surface area contributed by atoms with E-state index in [1.807, 2.05) is 13.8 Å². The Bertz CT molecular complexity index is 407. The summed E-state index contributed by atoms with van der Waals surface area (Å²) in [6.45, 7) is 3.74. The van der Waals surface area contributed by atoms with Gasteiger partial charge in [0.1, 0.15) is 0 Å².